The number of carbonyl (C=O) groups excluding carboxylic acids is 2. The van der Waals surface area contributed by atoms with E-state index in [9.17, 15) is 9.59 Å². The van der Waals surface area contributed by atoms with Crippen molar-refractivity contribution in [1.82, 2.24) is 15.5 Å². The molecule has 1 heterocycles. The maximum absolute atomic E-state index is 11.9. The van der Waals surface area contributed by atoms with Gasteiger partial charge in [-0.2, -0.15) is 0 Å². The van der Waals surface area contributed by atoms with Crippen molar-refractivity contribution < 1.29 is 9.59 Å². The third-order valence-corrected chi connectivity index (χ3v) is 3.68. The summed E-state index contributed by atoms with van der Waals surface area (Å²) in [5, 5.41) is 5.02. The lowest BCUT2D eigenvalue weighted by Gasteiger charge is -2.24. The van der Waals surface area contributed by atoms with Crippen LogP contribution in [0.3, 0.4) is 0 Å². The molecule has 1 aromatic rings. The fourth-order valence-electron chi connectivity index (χ4n) is 2.70. The predicted octanol–water partition coefficient (Wildman–Crippen LogP) is 2.06. The number of hydrogen-bond acceptors (Lipinski definition) is 3. The van der Waals surface area contributed by atoms with Gasteiger partial charge in [-0.3, -0.25) is 15.0 Å². The molecule has 1 unspecified atom stereocenters. The van der Waals surface area contributed by atoms with Crippen molar-refractivity contribution in [2.45, 2.75) is 32.2 Å². The van der Waals surface area contributed by atoms with Crippen LogP contribution in [0.4, 0.5) is 4.79 Å². The molecule has 0 radical (unpaired) electrons. The maximum atomic E-state index is 11.9. The first-order valence-electron chi connectivity index (χ1n) is 7.57. The van der Waals surface area contributed by atoms with Crippen molar-refractivity contribution in [2.75, 3.05) is 19.6 Å². The van der Waals surface area contributed by atoms with Gasteiger partial charge in [-0.25, -0.2) is 4.79 Å². The fourth-order valence-corrected chi connectivity index (χ4v) is 2.70. The highest BCUT2D eigenvalue weighted by molar-refractivity contribution is 5.95. The molecule has 0 aromatic heterocycles. The summed E-state index contributed by atoms with van der Waals surface area (Å²) in [4.78, 5) is 25.5. The summed E-state index contributed by atoms with van der Waals surface area (Å²) in [6, 6.07) is 10.1. The van der Waals surface area contributed by atoms with E-state index in [1.807, 2.05) is 25.1 Å². The second-order valence-electron chi connectivity index (χ2n) is 5.34. The Morgan fingerprint density at radius 1 is 1.29 bits per heavy atom. The van der Waals surface area contributed by atoms with E-state index in [1.54, 1.807) is 0 Å². The Kier molecular flexibility index (Phi) is 5.75. The number of hydrogen-bond donors (Lipinski definition) is 2. The van der Waals surface area contributed by atoms with Gasteiger partial charge < -0.3 is 5.32 Å². The van der Waals surface area contributed by atoms with Crippen LogP contribution in [0, 0.1) is 0 Å². The van der Waals surface area contributed by atoms with Crippen molar-refractivity contribution >= 4 is 11.9 Å². The molecule has 21 heavy (non-hydrogen) atoms. The fraction of sp³-hybridized carbons (Fsp3) is 0.500. The third kappa shape index (κ3) is 4.56. The number of imide groups is 1. The van der Waals surface area contributed by atoms with Crippen molar-refractivity contribution in [1.29, 1.82) is 0 Å². The number of nitrogens with zero attached hydrogens (tertiary/aromatic N) is 1. The average Bonchev–Trinajstić information content (AvgIpc) is 2.94. The molecule has 5 heteroatoms. The van der Waals surface area contributed by atoms with Crippen molar-refractivity contribution in [3.05, 3.63) is 35.9 Å². The van der Waals surface area contributed by atoms with E-state index in [1.165, 1.54) is 5.56 Å². The summed E-state index contributed by atoms with van der Waals surface area (Å²) >= 11 is 0. The summed E-state index contributed by atoms with van der Waals surface area (Å²) in [5.41, 5.74) is 1.23. The van der Waals surface area contributed by atoms with E-state index in [0.29, 0.717) is 6.54 Å². The van der Waals surface area contributed by atoms with Crippen molar-refractivity contribution in [2.24, 2.45) is 0 Å². The third-order valence-electron chi connectivity index (χ3n) is 3.68. The molecule has 1 aromatic carbocycles. The highest BCUT2D eigenvalue weighted by Crippen LogP contribution is 2.31. The molecule has 2 N–H and O–H groups in total. The van der Waals surface area contributed by atoms with Crippen LogP contribution in [0.2, 0.25) is 0 Å². The van der Waals surface area contributed by atoms with Crippen LogP contribution >= 0.6 is 0 Å². The summed E-state index contributed by atoms with van der Waals surface area (Å²) in [6.07, 6.45) is 2.98. The van der Waals surface area contributed by atoms with E-state index >= 15 is 0 Å². The quantitative estimate of drug-likeness (QED) is 0.872. The SMILES string of the molecule is CCCNC(=O)NC(=O)CN1CCCC1c1ccccc1. The first kappa shape index (κ1) is 15.5. The Labute approximate surface area is 125 Å². The number of rotatable bonds is 5. The molecule has 0 aliphatic carbocycles. The van der Waals surface area contributed by atoms with Crippen LogP contribution in [-0.2, 0) is 4.79 Å². The van der Waals surface area contributed by atoms with Crippen LogP contribution in [0.15, 0.2) is 30.3 Å². The van der Waals surface area contributed by atoms with Gasteiger partial charge in [0.15, 0.2) is 0 Å². The molecule has 0 spiro atoms. The molecule has 1 aliphatic heterocycles. The zero-order valence-corrected chi connectivity index (χ0v) is 12.5. The molecule has 0 bridgehead atoms. The van der Waals surface area contributed by atoms with Gasteiger partial charge >= 0.3 is 6.03 Å². The zero-order chi connectivity index (χ0) is 15.1. The molecule has 5 nitrogen and oxygen atoms in total. The largest absolute Gasteiger partial charge is 0.338 e. The lowest BCUT2D eigenvalue weighted by molar-refractivity contribution is -0.121. The molecule has 1 saturated heterocycles. The van der Waals surface area contributed by atoms with Gasteiger partial charge in [0.2, 0.25) is 5.91 Å². The number of amides is 3. The molecule has 3 amide bonds. The Morgan fingerprint density at radius 2 is 2.05 bits per heavy atom. The zero-order valence-electron chi connectivity index (χ0n) is 12.5. The van der Waals surface area contributed by atoms with Crippen LogP contribution in [0.1, 0.15) is 37.8 Å². The maximum Gasteiger partial charge on any atom is 0.321 e. The van der Waals surface area contributed by atoms with E-state index in [-0.39, 0.29) is 18.5 Å². The first-order chi connectivity index (χ1) is 10.2. The topological polar surface area (TPSA) is 61.4 Å². The molecule has 0 saturated carbocycles. The monoisotopic (exact) mass is 289 g/mol. The van der Waals surface area contributed by atoms with E-state index in [2.05, 4.69) is 27.7 Å². The lowest BCUT2D eigenvalue weighted by Crippen LogP contribution is -2.44. The summed E-state index contributed by atoms with van der Waals surface area (Å²) in [7, 11) is 0. The minimum atomic E-state index is -0.405. The van der Waals surface area contributed by atoms with Gasteiger partial charge in [-0.05, 0) is 31.4 Å². The molecular formula is C16H23N3O2. The van der Waals surface area contributed by atoms with Crippen LogP contribution in [-0.4, -0.2) is 36.5 Å². The highest BCUT2D eigenvalue weighted by atomic mass is 16.2. The van der Waals surface area contributed by atoms with Gasteiger partial charge in [0.25, 0.3) is 0 Å². The van der Waals surface area contributed by atoms with Gasteiger partial charge in [-0.15, -0.1) is 0 Å². The van der Waals surface area contributed by atoms with Crippen LogP contribution in [0.5, 0.6) is 0 Å². The average molecular weight is 289 g/mol. The normalized spacial score (nSPS) is 18.4. The number of urea groups is 1. The Hall–Kier alpha value is -1.88. The Balaban J connectivity index is 1.86. The number of benzene rings is 1. The molecule has 1 aliphatic rings. The van der Waals surface area contributed by atoms with Gasteiger partial charge in [0.1, 0.15) is 0 Å². The molecular weight excluding hydrogens is 266 g/mol. The Bertz CT molecular complexity index is 476. The second kappa shape index (κ2) is 7.78. The second-order valence-corrected chi connectivity index (χ2v) is 5.34. The molecule has 2 rings (SSSR count). The molecule has 114 valence electrons. The number of carbonyl (C=O) groups is 2. The van der Waals surface area contributed by atoms with Gasteiger partial charge in [-0.1, -0.05) is 37.3 Å². The molecule has 1 atom stereocenters. The summed E-state index contributed by atoms with van der Waals surface area (Å²) in [6.45, 7) is 3.70. The van der Waals surface area contributed by atoms with E-state index in [0.717, 1.165) is 25.8 Å². The summed E-state index contributed by atoms with van der Waals surface area (Å²) < 4.78 is 0. The lowest BCUT2D eigenvalue weighted by atomic mass is 10.0. The molecule has 1 fully saturated rings. The standard InChI is InChI=1S/C16H23N3O2/c1-2-10-17-16(21)18-15(20)12-19-11-6-9-14(19)13-7-4-3-5-8-13/h3-5,7-8,14H,2,6,9-12H2,1H3,(H2,17,18,20,21). The van der Waals surface area contributed by atoms with Crippen LogP contribution in [0.25, 0.3) is 0 Å². The van der Waals surface area contributed by atoms with Crippen LogP contribution < -0.4 is 10.6 Å². The van der Waals surface area contributed by atoms with Crippen molar-refractivity contribution in [3.8, 4) is 0 Å². The van der Waals surface area contributed by atoms with E-state index in [4.69, 9.17) is 0 Å². The number of likely N-dealkylation sites (tertiary alicyclic amines) is 1. The van der Waals surface area contributed by atoms with E-state index < -0.39 is 6.03 Å². The first-order valence-corrected chi connectivity index (χ1v) is 7.57. The Morgan fingerprint density at radius 3 is 2.76 bits per heavy atom. The highest BCUT2D eigenvalue weighted by Gasteiger charge is 2.27. The summed E-state index contributed by atoms with van der Waals surface area (Å²) in [5.74, 6) is -0.244. The smallest absolute Gasteiger partial charge is 0.321 e. The van der Waals surface area contributed by atoms with Gasteiger partial charge in [0, 0.05) is 12.6 Å². The minimum Gasteiger partial charge on any atom is -0.338 e. The minimum absolute atomic E-state index is 0.244. The number of nitrogens with one attached hydrogen (secondary N) is 2. The predicted molar refractivity (Wildman–Crippen MR) is 81.8 cm³/mol. The van der Waals surface area contributed by atoms with Gasteiger partial charge in [0.05, 0.1) is 6.54 Å². The van der Waals surface area contributed by atoms with Crippen molar-refractivity contribution in [3.63, 3.8) is 0 Å².